The average molecular weight is 326 g/mol. The molecule has 2 rings (SSSR count). The molecule has 2 aromatic rings. The Hall–Kier alpha value is -1.85. The van der Waals surface area contributed by atoms with Crippen molar-refractivity contribution in [1.82, 2.24) is 9.78 Å². The van der Waals surface area contributed by atoms with E-state index in [-0.39, 0.29) is 5.56 Å². The van der Waals surface area contributed by atoms with Gasteiger partial charge in [0.05, 0.1) is 16.4 Å². The minimum Gasteiger partial charge on any atom is -0.323 e. The second-order valence-corrected chi connectivity index (χ2v) is 5.39. The summed E-state index contributed by atoms with van der Waals surface area (Å²) < 4.78 is 1.13. The molecule has 0 saturated carbocycles. The van der Waals surface area contributed by atoms with Crippen LogP contribution < -0.4 is 10.9 Å². The number of carbonyl (C=O) groups is 1. The number of hydrogen-bond acceptors (Lipinski definition) is 3. The third kappa shape index (κ3) is 3.62. The molecule has 0 fully saturated rings. The summed E-state index contributed by atoms with van der Waals surface area (Å²) in [6.07, 6.45) is 0. The molecule has 0 radical (unpaired) electrons. The molecule has 110 valence electrons. The van der Waals surface area contributed by atoms with Crippen LogP contribution in [0.2, 0.25) is 10.0 Å². The molecule has 0 spiro atoms. The molecule has 0 bridgehead atoms. The maximum atomic E-state index is 12.2. The molecule has 5 nitrogen and oxygen atoms in total. The molecule has 1 atom stereocenters. The van der Waals surface area contributed by atoms with E-state index in [2.05, 4.69) is 10.4 Å². The zero-order valence-corrected chi connectivity index (χ0v) is 12.9. The lowest BCUT2D eigenvalue weighted by Crippen LogP contribution is -2.33. The highest BCUT2D eigenvalue weighted by atomic mass is 35.5. The monoisotopic (exact) mass is 325 g/mol. The predicted octanol–water partition coefficient (Wildman–Crippen LogP) is 3.06. The van der Waals surface area contributed by atoms with Crippen molar-refractivity contribution in [3.8, 4) is 0 Å². The Labute approximate surface area is 131 Å². The first-order chi connectivity index (χ1) is 9.88. The Morgan fingerprint density at radius 3 is 2.71 bits per heavy atom. The zero-order valence-electron chi connectivity index (χ0n) is 11.4. The van der Waals surface area contributed by atoms with Crippen molar-refractivity contribution in [2.24, 2.45) is 0 Å². The van der Waals surface area contributed by atoms with Gasteiger partial charge in [-0.2, -0.15) is 5.10 Å². The second kappa shape index (κ2) is 6.28. The van der Waals surface area contributed by atoms with Crippen molar-refractivity contribution in [2.75, 3.05) is 5.32 Å². The van der Waals surface area contributed by atoms with Crippen LogP contribution in [-0.2, 0) is 4.79 Å². The maximum Gasteiger partial charge on any atom is 0.267 e. The number of halogens is 2. The normalized spacial score (nSPS) is 12.0. The molecule has 1 amide bonds. The van der Waals surface area contributed by atoms with Gasteiger partial charge in [-0.3, -0.25) is 9.59 Å². The largest absolute Gasteiger partial charge is 0.323 e. The Morgan fingerprint density at radius 2 is 2.00 bits per heavy atom. The quantitative estimate of drug-likeness (QED) is 0.943. The van der Waals surface area contributed by atoms with Gasteiger partial charge in [-0.15, -0.1) is 0 Å². The van der Waals surface area contributed by atoms with Gasteiger partial charge in [-0.05, 0) is 38.1 Å². The summed E-state index contributed by atoms with van der Waals surface area (Å²) in [4.78, 5) is 24.0. The lowest BCUT2D eigenvalue weighted by molar-refractivity contribution is -0.119. The van der Waals surface area contributed by atoms with E-state index in [1.54, 1.807) is 38.1 Å². The summed E-state index contributed by atoms with van der Waals surface area (Å²) in [6.45, 7) is 3.33. The van der Waals surface area contributed by atoms with E-state index in [4.69, 9.17) is 23.2 Å². The van der Waals surface area contributed by atoms with Crippen molar-refractivity contribution in [3.05, 3.63) is 56.4 Å². The molecule has 1 N–H and O–H groups in total. The SMILES string of the molecule is Cc1ccc(=O)n(C(C)C(=O)Nc2cc(Cl)ccc2Cl)n1. The number of amides is 1. The fourth-order valence-corrected chi connectivity index (χ4v) is 2.08. The van der Waals surface area contributed by atoms with Crippen molar-refractivity contribution in [1.29, 1.82) is 0 Å². The summed E-state index contributed by atoms with van der Waals surface area (Å²) >= 11 is 11.9. The van der Waals surface area contributed by atoms with Crippen LogP contribution >= 0.6 is 23.2 Å². The number of carbonyl (C=O) groups excluding carboxylic acids is 1. The molecule has 7 heteroatoms. The van der Waals surface area contributed by atoms with Crippen LogP contribution in [-0.4, -0.2) is 15.7 Å². The van der Waals surface area contributed by atoms with Crippen LogP contribution in [0.1, 0.15) is 18.7 Å². The van der Waals surface area contributed by atoms with Gasteiger partial charge in [0.25, 0.3) is 5.56 Å². The highest BCUT2D eigenvalue weighted by Gasteiger charge is 2.18. The standard InChI is InChI=1S/C14H13Cl2N3O2/c1-8-3-6-13(20)19(18-8)9(2)14(21)17-12-7-10(15)4-5-11(12)16/h3-7,9H,1-2H3,(H,17,21). The molecule has 21 heavy (non-hydrogen) atoms. The number of aromatic nitrogens is 2. The number of rotatable bonds is 3. The topological polar surface area (TPSA) is 64.0 Å². The Kier molecular flexibility index (Phi) is 4.65. The van der Waals surface area contributed by atoms with Gasteiger partial charge >= 0.3 is 0 Å². The summed E-state index contributed by atoms with van der Waals surface area (Å²) in [5, 5.41) is 7.52. The van der Waals surface area contributed by atoms with Gasteiger partial charge in [0.15, 0.2) is 0 Å². The van der Waals surface area contributed by atoms with E-state index >= 15 is 0 Å². The third-order valence-corrected chi connectivity index (χ3v) is 3.46. The molecule has 0 aliphatic heterocycles. The van der Waals surface area contributed by atoms with Crippen molar-refractivity contribution in [3.63, 3.8) is 0 Å². The molecule has 1 unspecified atom stereocenters. The van der Waals surface area contributed by atoms with Crippen LogP contribution in [0.5, 0.6) is 0 Å². The summed E-state index contributed by atoms with van der Waals surface area (Å²) in [6, 6.07) is 6.94. The van der Waals surface area contributed by atoms with Gasteiger partial charge in [0.1, 0.15) is 6.04 Å². The second-order valence-electron chi connectivity index (χ2n) is 4.55. The lowest BCUT2D eigenvalue weighted by Gasteiger charge is -2.15. The fraction of sp³-hybridized carbons (Fsp3) is 0.214. The van der Waals surface area contributed by atoms with Gasteiger partial charge < -0.3 is 5.32 Å². The molecule has 0 aliphatic carbocycles. The third-order valence-electron chi connectivity index (χ3n) is 2.89. The van der Waals surface area contributed by atoms with E-state index in [1.165, 1.54) is 6.07 Å². The number of nitrogens with zero attached hydrogens (tertiary/aromatic N) is 2. The van der Waals surface area contributed by atoms with E-state index in [9.17, 15) is 9.59 Å². The Morgan fingerprint density at radius 1 is 1.29 bits per heavy atom. The average Bonchev–Trinajstić information content (AvgIpc) is 2.44. The summed E-state index contributed by atoms with van der Waals surface area (Å²) in [5.74, 6) is -0.403. The highest BCUT2D eigenvalue weighted by molar-refractivity contribution is 6.35. The summed E-state index contributed by atoms with van der Waals surface area (Å²) in [5.41, 5.74) is 0.692. The molecular formula is C14H13Cl2N3O2. The smallest absolute Gasteiger partial charge is 0.267 e. The molecular weight excluding hydrogens is 313 g/mol. The first kappa shape index (κ1) is 15.5. The van der Waals surface area contributed by atoms with E-state index < -0.39 is 11.9 Å². The first-order valence-electron chi connectivity index (χ1n) is 6.21. The van der Waals surface area contributed by atoms with Gasteiger partial charge in [0.2, 0.25) is 5.91 Å². The minimum atomic E-state index is -0.771. The van der Waals surface area contributed by atoms with E-state index in [0.29, 0.717) is 21.4 Å². The first-order valence-corrected chi connectivity index (χ1v) is 6.96. The van der Waals surface area contributed by atoms with Gasteiger partial charge in [-0.25, -0.2) is 4.68 Å². The molecule has 0 saturated heterocycles. The van der Waals surface area contributed by atoms with Gasteiger partial charge in [-0.1, -0.05) is 23.2 Å². The van der Waals surface area contributed by atoms with Crippen LogP contribution in [0.3, 0.4) is 0 Å². The molecule has 1 aromatic heterocycles. The van der Waals surface area contributed by atoms with E-state index in [1.807, 2.05) is 0 Å². The highest BCUT2D eigenvalue weighted by Crippen LogP contribution is 2.26. The predicted molar refractivity (Wildman–Crippen MR) is 83.0 cm³/mol. The number of hydrogen-bond donors (Lipinski definition) is 1. The van der Waals surface area contributed by atoms with Crippen molar-refractivity contribution < 1.29 is 4.79 Å². The number of benzene rings is 1. The molecule has 0 aliphatic rings. The van der Waals surface area contributed by atoms with Crippen LogP contribution in [0.4, 0.5) is 5.69 Å². The molecule has 1 heterocycles. The number of anilines is 1. The van der Waals surface area contributed by atoms with E-state index in [0.717, 1.165) is 4.68 Å². The lowest BCUT2D eigenvalue weighted by atomic mass is 10.2. The maximum absolute atomic E-state index is 12.2. The Bertz CT molecular complexity index is 743. The number of nitrogens with one attached hydrogen (secondary N) is 1. The number of aryl methyl sites for hydroxylation is 1. The van der Waals surface area contributed by atoms with Crippen molar-refractivity contribution >= 4 is 34.8 Å². The zero-order chi connectivity index (χ0) is 15.6. The molecule has 1 aromatic carbocycles. The minimum absolute atomic E-state index is 0.347. The van der Waals surface area contributed by atoms with Crippen LogP contribution in [0.15, 0.2) is 35.1 Å². The van der Waals surface area contributed by atoms with Gasteiger partial charge in [0, 0.05) is 11.1 Å². The summed E-state index contributed by atoms with van der Waals surface area (Å²) in [7, 11) is 0. The van der Waals surface area contributed by atoms with Crippen LogP contribution in [0.25, 0.3) is 0 Å². The van der Waals surface area contributed by atoms with Crippen LogP contribution in [0, 0.1) is 6.92 Å². The fourth-order valence-electron chi connectivity index (χ4n) is 1.74. The van der Waals surface area contributed by atoms with Crippen molar-refractivity contribution in [2.45, 2.75) is 19.9 Å². The Balaban J connectivity index is 2.25.